The van der Waals surface area contributed by atoms with E-state index in [-0.39, 0.29) is 12.0 Å². The number of hydrogen-bond acceptors (Lipinski definition) is 8. The first kappa shape index (κ1) is 25.6. The summed E-state index contributed by atoms with van der Waals surface area (Å²) in [5.41, 5.74) is 1.59. The maximum atomic E-state index is 13.6. The van der Waals surface area contributed by atoms with E-state index in [9.17, 15) is 14.4 Å². The topological polar surface area (TPSA) is 109 Å². The molecule has 1 aliphatic rings. The van der Waals surface area contributed by atoms with Crippen LogP contribution in [0.2, 0.25) is 0 Å². The molecule has 0 saturated heterocycles. The molecule has 3 atom stereocenters. The highest BCUT2D eigenvalue weighted by atomic mass is 16.6. The molecule has 1 unspecified atom stereocenters. The Morgan fingerprint density at radius 1 is 0.919 bits per heavy atom. The first-order valence-corrected chi connectivity index (χ1v) is 11.5. The van der Waals surface area contributed by atoms with Crippen molar-refractivity contribution in [1.29, 1.82) is 0 Å². The number of ketones is 1. The van der Waals surface area contributed by atoms with Crippen LogP contribution in [0.1, 0.15) is 27.6 Å². The highest BCUT2D eigenvalue weighted by Crippen LogP contribution is 2.39. The molecular weight excluding hydrogens is 478 g/mol. The average molecular weight is 506 g/mol. The molecule has 3 aromatic rings. The third kappa shape index (κ3) is 5.83. The van der Waals surface area contributed by atoms with Crippen molar-refractivity contribution < 1.29 is 38.1 Å². The molecule has 0 aromatic heterocycles. The number of Topliss-reactive ketones (excluding diaryl/α,β-unsaturated/α-hetero) is 1. The van der Waals surface area contributed by atoms with Gasteiger partial charge in [0.2, 0.25) is 11.9 Å². The lowest BCUT2D eigenvalue weighted by molar-refractivity contribution is -0.143. The van der Waals surface area contributed by atoms with Crippen molar-refractivity contribution in [2.24, 2.45) is 0 Å². The predicted octanol–water partition coefficient (Wildman–Crippen LogP) is 3.90. The number of methoxy groups -OCH3 is 3. The summed E-state index contributed by atoms with van der Waals surface area (Å²) in [6, 6.07) is 19.9. The Labute approximate surface area is 214 Å². The molecule has 192 valence electrons. The molecule has 1 aliphatic heterocycles. The van der Waals surface area contributed by atoms with Gasteiger partial charge in [0, 0.05) is 12.0 Å². The SMILES string of the molecule is COC(=O)[C@H](Cc1ccccc1)NC(=O)OC1C(=O)c2cc(OC)ccc2O[C@H]1c1cccc(OC)c1. The number of nitrogens with one attached hydrogen (secondary N) is 1. The lowest BCUT2D eigenvalue weighted by Crippen LogP contribution is -2.47. The van der Waals surface area contributed by atoms with Gasteiger partial charge in [-0.2, -0.15) is 0 Å². The third-order valence-electron chi connectivity index (χ3n) is 5.96. The molecule has 4 rings (SSSR count). The second kappa shape index (κ2) is 11.5. The molecule has 0 fully saturated rings. The van der Waals surface area contributed by atoms with Crippen molar-refractivity contribution >= 4 is 17.8 Å². The summed E-state index contributed by atoms with van der Waals surface area (Å²) in [6.07, 6.45) is -3.09. The normalized spacial score (nSPS) is 17.0. The number of esters is 1. The monoisotopic (exact) mass is 505 g/mol. The number of fused-ring (bicyclic) bond motifs is 1. The maximum absolute atomic E-state index is 13.6. The zero-order chi connectivity index (χ0) is 26.4. The summed E-state index contributed by atoms with van der Waals surface area (Å²) in [5.74, 6) is 0.209. The van der Waals surface area contributed by atoms with Crippen molar-refractivity contribution in [3.63, 3.8) is 0 Å². The van der Waals surface area contributed by atoms with Crippen LogP contribution in [0.15, 0.2) is 72.8 Å². The van der Waals surface area contributed by atoms with Crippen molar-refractivity contribution in [2.75, 3.05) is 21.3 Å². The number of ether oxygens (including phenoxy) is 5. The zero-order valence-corrected chi connectivity index (χ0v) is 20.6. The van der Waals surface area contributed by atoms with Gasteiger partial charge in [-0.3, -0.25) is 4.79 Å². The fraction of sp³-hybridized carbons (Fsp3) is 0.250. The van der Waals surface area contributed by atoms with E-state index in [4.69, 9.17) is 23.7 Å². The second-order valence-corrected chi connectivity index (χ2v) is 8.28. The smallest absolute Gasteiger partial charge is 0.408 e. The molecule has 9 nitrogen and oxygen atoms in total. The van der Waals surface area contributed by atoms with Gasteiger partial charge in [-0.05, 0) is 35.9 Å². The fourth-order valence-corrected chi connectivity index (χ4v) is 4.07. The Bertz CT molecular complexity index is 1280. The summed E-state index contributed by atoms with van der Waals surface area (Å²) >= 11 is 0. The van der Waals surface area contributed by atoms with E-state index in [1.165, 1.54) is 27.4 Å². The van der Waals surface area contributed by atoms with Crippen LogP contribution in [-0.2, 0) is 20.7 Å². The van der Waals surface area contributed by atoms with E-state index in [2.05, 4.69) is 5.32 Å². The molecule has 0 aliphatic carbocycles. The van der Waals surface area contributed by atoms with Crippen molar-refractivity contribution in [2.45, 2.75) is 24.7 Å². The molecule has 9 heteroatoms. The summed E-state index contributed by atoms with van der Waals surface area (Å²) in [4.78, 5) is 39.0. The van der Waals surface area contributed by atoms with Gasteiger partial charge in [0.05, 0.1) is 26.9 Å². The first-order valence-electron chi connectivity index (χ1n) is 11.5. The van der Waals surface area contributed by atoms with Crippen LogP contribution in [0.25, 0.3) is 0 Å². The molecule has 3 aromatic carbocycles. The van der Waals surface area contributed by atoms with E-state index in [1.807, 2.05) is 30.3 Å². The van der Waals surface area contributed by atoms with Crippen LogP contribution >= 0.6 is 0 Å². The summed E-state index contributed by atoms with van der Waals surface area (Å²) < 4.78 is 27.2. The van der Waals surface area contributed by atoms with E-state index >= 15 is 0 Å². The van der Waals surface area contributed by atoms with Crippen molar-refractivity contribution in [3.05, 3.63) is 89.5 Å². The summed E-state index contributed by atoms with van der Waals surface area (Å²) in [6.45, 7) is 0. The van der Waals surface area contributed by atoms with Gasteiger partial charge in [0.25, 0.3) is 0 Å². The Morgan fingerprint density at radius 2 is 1.65 bits per heavy atom. The Hall–Kier alpha value is -4.53. The Morgan fingerprint density at radius 3 is 2.35 bits per heavy atom. The molecule has 37 heavy (non-hydrogen) atoms. The van der Waals surface area contributed by atoms with Gasteiger partial charge in [-0.1, -0.05) is 42.5 Å². The van der Waals surface area contributed by atoms with Crippen LogP contribution in [0.3, 0.4) is 0 Å². The molecule has 0 saturated carbocycles. The Kier molecular flexibility index (Phi) is 7.92. The predicted molar refractivity (Wildman–Crippen MR) is 133 cm³/mol. The quantitative estimate of drug-likeness (QED) is 0.459. The van der Waals surface area contributed by atoms with E-state index in [1.54, 1.807) is 36.4 Å². The second-order valence-electron chi connectivity index (χ2n) is 8.28. The fourth-order valence-electron chi connectivity index (χ4n) is 4.07. The van der Waals surface area contributed by atoms with Gasteiger partial charge < -0.3 is 29.0 Å². The third-order valence-corrected chi connectivity index (χ3v) is 5.96. The van der Waals surface area contributed by atoms with Gasteiger partial charge in [-0.25, -0.2) is 9.59 Å². The first-order chi connectivity index (χ1) is 17.9. The van der Waals surface area contributed by atoms with Crippen LogP contribution < -0.4 is 19.5 Å². The largest absolute Gasteiger partial charge is 0.497 e. The van der Waals surface area contributed by atoms with E-state index < -0.39 is 36.1 Å². The number of carbonyl (C=O) groups is 3. The van der Waals surface area contributed by atoms with E-state index in [0.29, 0.717) is 22.8 Å². The summed E-state index contributed by atoms with van der Waals surface area (Å²) in [7, 11) is 4.24. The number of carbonyl (C=O) groups excluding carboxylic acids is 3. The van der Waals surface area contributed by atoms with Crippen LogP contribution in [0.5, 0.6) is 17.2 Å². The number of amides is 1. The average Bonchev–Trinajstić information content (AvgIpc) is 2.94. The number of hydrogen-bond donors (Lipinski definition) is 1. The van der Waals surface area contributed by atoms with Gasteiger partial charge in [0.15, 0.2) is 6.10 Å². The van der Waals surface area contributed by atoms with Gasteiger partial charge in [-0.15, -0.1) is 0 Å². The molecule has 1 heterocycles. The molecule has 1 amide bonds. The van der Waals surface area contributed by atoms with Crippen LogP contribution in [0.4, 0.5) is 4.79 Å². The summed E-state index contributed by atoms with van der Waals surface area (Å²) in [5, 5.41) is 2.53. The molecule has 0 spiro atoms. The minimum Gasteiger partial charge on any atom is -0.497 e. The molecule has 1 N–H and O–H groups in total. The standard InChI is InChI=1S/C28H27NO8/c1-33-19-11-7-10-18(15-19)25-26(24(30)21-16-20(34-2)12-13-23(21)36-25)37-28(32)29-22(27(31)35-3)14-17-8-5-4-6-9-17/h4-13,15-16,22,25-26H,14H2,1-3H3,(H,29,32)/t22-,25-,26?/m0/s1. The lowest BCUT2D eigenvalue weighted by Gasteiger charge is -2.32. The van der Waals surface area contributed by atoms with Crippen molar-refractivity contribution in [3.8, 4) is 17.2 Å². The number of rotatable bonds is 8. The molecule has 0 radical (unpaired) electrons. The van der Waals surface area contributed by atoms with Crippen LogP contribution in [-0.4, -0.2) is 51.3 Å². The van der Waals surface area contributed by atoms with Gasteiger partial charge >= 0.3 is 12.1 Å². The van der Waals surface area contributed by atoms with E-state index in [0.717, 1.165) is 5.56 Å². The minimum atomic E-state index is -1.35. The number of alkyl carbamates (subject to hydrolysis) is 1. The Balaban J connectivity index is 1.62. The van der Waals surface area contributed by atoms with Crippen molar-refractivity contribution in [1.82, 2.24) is 5.32 Å². The highest BCUT2D eigenvalue weighted by Gasteiger charge is 2.42. The van der Waals surface area contributed by atoms with Crippen LogP contribution in [0, 0.1) is 0 Å². The maximum Gasteiger partial charge on any atom is 0.408 e. The lowest BCUT2D eigenvalue weighted by atomic mass is 9.93. The number of benzene rings is 3. The van der Waals surface area contributed by atoms with Gasteiger partial charge in [0.1, 0.15) is 23.3 Å². The zero-order valence-electron chi connectivity index (χ0n) is 20.6. The minimum absolute atomic E-state index is 0.178. The molecular formula is C28H27NO8. The highest BCUT2D eigenvalue weighted by molar-refractivity contribution is 6.04. The molecule has 0 bridgehead atoms.